The Morgan fingerprint density at radius 1 is 1.04 bits per heavy atom. The number of carbonyl (C=O) groups is 1. The summed E-state index contributed by atoms with van der Waals surface area (Å²) < 4.78 is 31.9. The van der Waals surface area contributed by atoms with Crippen LogP contribution in [0.1, 0.15) is 28.8 Å². The zero-order valence-electron chi connectivity index (χ0n) is 13.2. The molecule has 0 bridgehead atoms. The maximum absolute atomic E-state index is 13.3. The van der Waals surface area contributed by atoms with Gasteiger partial charge in [0.2, 0.25) is 0 Å². The Morgan fingerprint density at radius 2 is 1.75 bits per heavy atom. The summed E-state index contributed by atoms with van der Waals surface area (Å²) in [6, 6.07) is 12.0. The normalized spacial score (nSPS) is 16.6. The second-order valence-corrected chi connectivity index (χ2v) is 6.09. The maximum Gasteiger partial charge on any atom is 0.251 e. The van der Waals surface area contributed by atoms with Crippen molar-refractivity contribution in [1.82, 2.24) is 5.32 Å². The van der Waals surface area contributed by atoms with Gasteiger partial charge < -0.3 is 10.1 Å². The standard InChI is InChI=1S/C19H19F2NO2/c20-16-6-4-15(5-7-16)19(8-10-24-11-9-19)13-22-18(23)14-2-1-3-17(21)12-14/h1-7,12H,8-11,13H2,(H,22,23). The van der Waals surface area contributed by atoms with Gasteiger partial charge in [0.1, 0.15) is 11.6 Å². The summed E-state index contributed by atoms with van der Waals surface area (Å²) in [5.74, 6) is -1.05. The van der Waals surface area contributed by atoms with Gasteiger partial charge in [0.05, 0.1) is 0 Å². The molecule has 1 saturated heterocycles. The third-order valence-corrected chi connectivity index (χ3v) is 4.58. The molecular weight excluding hydrogens is 312 g/mol. The smallest absolute Gasteiger partial charge is 0.251 e. The SMILES string of the molecule is O=C(NCC1(c2ccc(F)cc2)CCOCC1)c1cccc(F)c1. The van der Waals surface area contributed by atoms with E-state index in [2.05, 4.69) is 5.32 Å². The molecule has 0 saturated carbocycles. The predicted molar refractivity (Wildman–Crippen MR) is 86.9 cm³/mol. The van der Waals surface area contributed by atoms with Gasteiger partial charge in [-0.2, -0.15) is 0 Å². The van der Waals surface area contributed by atoms with E-state index in [1.54, 1.807) is 18.2 Å². The highest BCUT2D eigenvalue weighted by atomic mass is 19.1. The maximum atomic E-state index is 13.3. The van der Waals surface area contributed by atoms with Crippen molar-refractivity contribution in [1.29, 1.82) is 0 Å². The van der Waals surface area contributed by atoms with Gasteiger partial charge in [-0.15, -0.1) is 0 Å². The zero-order valence-corrected chi connectivity index (χ0v) is 13.2. The zero-order chi connectivity index (χ0) is 17.0. The number of halogens is 2. The summed E-state index contributed by atoms with van der Waals surface area (Å²) in [5, 5.41) is 2.89. The van der Waals surface area contributed by atoms with Gasteiger partial charge >= 0.3 is 0 Å². The summed E-state index contributed by atoms with van der Waals surface area (Å²) in [6.45, 7) is 1.58. The Bertz CT molecular complexity index is 710. The minimum absolute atomic E-state index is 0.287. The number of rotatable bonds is 4. The molecule has 0 aliphatic carbocycles. The first kappa shape index (κ1) is 16.6. The average molecular weight is 331 g/mol. The molecule has 1 fully saturated rings. The number of carbonyl (C=O) groups excluding carboxylic acids is 1. The van der Waals surface area contributed by atoms with Crippen LogP contribution in [0.4, 0.5) is 8.78 Å². The molecule has 0 aromatic heterocycles. The molecule has 3 rings (SSSR count). The van der Waals surface area contributed by atoms with E-state index in [1.165, 1.54) is 30.3 Å². The summed E-state index contributed by atoms with van der Waals surface area (Å²) in [7, 11) is 0. The lowest BCUT2D eigenvalue weighted by Crippen LogP contribution is -2.44. The summed E-state index contributed by atoms with van der Waals surface area (Å²) >= 11 is 0. The summed E-state index contributed by atoms with van der Waals surface area (Å²) in [6.07, 6.45) is 1.48. The van der Waals surface area contributed by atoms with Gasteiger partial charge in [-0.1, -0.05) is 18.2 Å². The van der Waals surface area contributed by atoms with E-state index in [4.69, 9.17) is 4.74 Å². The van der Waals surface area contributed by atoms with E-state index in [0.29, 0.717) is 19.8 Å². The van der Waals surface area contributed by atoms with Crippen molar-refractivity contribution in [3.05, 3.63) is 71.3 Å². The Kier molecular flexibility index (Phi) is 4.90. The highest BCUT2D eigenvalue weighted by molar-refractivity contribution is 5.94. The van der Waals surface area contributed by atoms with Crippen LogP contribution in [0.2, 0.25) is 0 Å². The highest BCUT2D eigenvalue weighted by Gasteiger charge is 2.35. The van der Waals surface area contributed by atoms with Crippen LogP contribution >= 0.6 is 0 Å². The van der Waals surface area contributed by atoms with Crippen LogP contribution in [0.5, 0.6) is 0 Å². The largest absolute Gasteiger partial charge is 0.381 e. The van der Waals surface area contributed by atoms with Crippen molar-refractivity contribution in [2.24, 2.45) is 0 Å². The lowest BCUT2D eigenvalue weighted by molar-refractivity contribution is 0.0487. The second kappa shape index (κ2) is 7.09. The Hall–Kier alpha value is -2.27. The molecule has 5 heteroatoms. The second-order valence-electron chi connectivity index (χ2n) is 6.09. The molecule has 126 valence electrons. The third-order valence-electron chi connectivity index (χ3n) is 4.58. The van der Waals surface area contributed by atoms with Crippen molar-refractivity contribution < 1.29 is 18.3 Å². The van der Waals surface area contributed by atoms with Gasteiger partial charge in [0.15, 0.2) is 0 Å². The molecule has 1 heterocycles. The molecule has 3 nitrogen and oxygen atoms in total. The molecule has 0 radical (unpaired) electrons. The molecule has 0 atom stereocenters. The molecule has 2 aromatic carbocycles. The fraction of sp³-hybridized carbons (Fsp3) is 0.316. The number of hydrogen-bond donors (Lipinski definition) is 1. The Labute approximate surface area is 139 Å². The Morgan fingerprint density at radius 3 is 2.42 bits per heavy atom. The molecular formula is C19H19F2NO2. The van der Waals surface area contributed by atoms with Gasteiger partial charge in [0, 0.05) is 30.7 Å². The fourth-order valence-electron chi connectivity index (χ4n) is 3.11. The molecule has 0 unspecified atom stereocenters. The van der Waals surface area contributed by atoms with Crippen LogP contribution in [-0.4, -0.2) is 25.7 Å². The minimum Gasteiger partial charge on any atom is -0.381 e. The van der Waals surface area contributed by atoms with E-state index < -0.39 is 5.82 Å². The fourth-order valence-corrected chi connectivity index (χ4v) is 3.11. The number of nitrogens with one attached hydrogen (secondary N) is 1. The monoisotopic (exact) mass is 331 g/mol. The molecule has 2 aromatic rings. The van der Waals surface area contributed by atoms with Crippen molar-refractivity contribution >= 4 is 5.91 Å². The van der Waals surface area contributed by atoms with Gasteiger partial charge in [-0.3, -0.25) is 4.79 Å². The van der Waals surface area contributed by atoms with Crippen LogP contribution < -0.4 is 5.32 Å². The van der Waals surface area contributed by atoms with Crippen LogP contribution in [0.25, 0.3) is 0 Å². The van der Waals surface area contributed by atoms with Gasteiger partial charge in [0.25, 0.3) is 5.91 Å². The predicted octanol–water partition coefficient (Wildman–Crippen LogP) is 3.44. The van der Waals surface area contributed by atoms with E-state index in [9.17, 15) is 13.6 Å². The van der Waals surface area contributed by atoms with E-state index in [1.807, 2.05) is 0 Å². The van der Waals surface area contributed by atoms with Crippen molar-refractivity contribution in [3.8, 4) is 0 Å². The van der Waals surface area contributed by atoms with Gasteiger partial charge in [-0.05, 0) is 48.7 Å². The number of benzene rings is 2. The number of hydrogen-bond acceptors (Lipinski definition) is 2. The molecule has 0 spiro atoms. The number of amides is 1. The Balaban J connectivity index is 1.77. The van der Waals surface area contributed by atoms with E-state index in [0.717, 1.165) is 18.4 Å². The topological polar surface area (TPSA) is 38.3 Å². The number of ether oxygens (including phenoxy) is 1. The van der Waals surface area contributed by atoms with Crippen LogP contribution in [0, 0.1) is 11.6 Å². The van der Waals surface area contributed by atoms with Crippen LogP contribution in [0.15, 0.2) is 48.5 Å². The molecule has 1 aliphatic rings. The average Bonchev–Trinajstić information content (AvgIpc) is 2.61. The first-order chi connectivity index (χ1) is 11.6. The quantitative estimate of drug-likeness (QED) is 0.932. The van der Waals surface area contributed by atoms with E-state index in [-0.39, 0.29) is 22.7 Å². The van der Waals surface area contributed by atoms with Gasteiger partial charge in [-0.25, -0.2) is 8.78 Å². The molecule has 24 heavy (non-hydrogen) atoms. The summed E-state index contributed by atoms with van der Waals surface area (Å²) in [4.78, 5) is 12.3. The first-order valence-electron chi connectivity index (χ1n) is 7.97. The van der Waals surface area contributed by atoms with Crippen molar-refractivity contribution in [3.63, 3.8) is 0 Å². The van der Waals surface area contributed by atoms with Crippen LogP contribution in [-0.2, 0) is 10.2 Å². The third kappa shape index (κ3) is 3.62. The lowest BCUT2D eigenvalue weighted by Gasteiger charge is -2.38. The van der Waals surface area contributed by atoms with Crippen molar-refractivity contribution in [2.45, 2.75) is 18.3 Å². The minimum atomic E-state index is -0.443. The molecule has 1 aliphatic heterocycles. The lowest BCUT2D eigenvalue weighted by atomic mass is 9.74. The van der Waals surface area contributed by atoms with Crippen molar-refractivity contribution in [2.75, 3.05) is 19.8 Å². The summed E-state index contributed by atoms with van der Waals surface area (Å²) in [5.41, 5.74) is 0.970. The van der Waals surface area contributed by atoms with E-state index >= 15 is 0 Å². The highest BCUT2D eigenvalue weighted by Crippen LogP contribution is 2.34. The first-order valence-corrected chi connectivity index (χ1v) is 7.97. The van der Waals surface area contributed by atoms with Crippen LogP contribution in [0.3, 0.4) is 0 Å². The molecule has 1 amide bonds. The molecule has 1 N–H and O–H groups in total.